The summed E-state index contributed by atoms with van der Waals surface area (Å²) >= 11 is 0. The maximum Gasteiger partial charge on any atom is 0.248 e. The standard InChI is InChI=1S/C54H78N6O4Si/c1-53(2,3)65(4,5)64-49(46-28-30-48(51-47(46)29-31-50(61)57-51)63-40-43-22-14-11-15-23-43)38-55-34-20-9-7-6-8-10-21-35-59-36-32-42(33-37-59)39-60-41-56-52(58-60)54(62,44-24-16-12-17-25-44)45-26-18-13-19-27-45/h11-12,14-17,22-25,28-31,41-42,45,49,55,62H,6-10,13,18-21,26-27,32-40H2,1-5H3,(H,57,61)/t49-,54-/m0/s1. The highest BCUT2D eigenvalue weighted by atomic mass is 28.4. The number of nitrogens with one attached hydrogen (secondary N) is 2. The van der Waals surface area contributed by atoms with Gasteiger partial charge < -0.3 is 29.5 Å². The highest BCUT2D eigenvalue weighted by Gasteiger charge is 2.44. The number of benzene rings is 3. The quantitative estimate of drug-likeness (QED) is 0.0438. The van der Waals surface area contributed by atoms with Gasteiger partial charge in [-0.25, -0.2) is 4.98 Å². The van der Waals surface area contributed by atoms with Crippen LogP contribution in [0.4, 0.5) is 0 Å². The molecule has 2 aromatic heterocycles. The third-order valence-electron chi connectivity index (χ3n) is 14.8. The van der Waals surface area contributed by atoms with Crippen molar-refractivity contribution in [1.29, 1.82) is 0 Å². The maximum absolute atomic E-state index is 12.6. The number of likely N-dealkylation sites (tertiary alicyclic amines) is 1. The van der Waals surface area contributed by atoms with Crippen LogP contribution in [0.5, 0.6) is 5.75 Å². The summed E-state index contributed by atoms with van der Waals surface area (Å²) in [7, 11) is -2.13. The zero-order valence-corrected chi connectivity index (χ0v) is 41.2. The molecule has 10 nitrogen and oxygen atoms in total. The summed E-state index contributed by atoms with van der Waals surface area (Å²) in [6, 6.07) is 27.9. The molecule has 11 heteroatoms. The van der Waals surface area contributed by atoms with Crippen LogP contribution >= 0.6 is 0 Å². The number of fused-ring (bicyclic) bond motifs is 1. The van der Waals surface area contributed by atoms with Crippen LogP contribution < -0.4 is 15.6 Å². The molecule has 3 heterocycles. The molecule has 0 radical (unpaired) electrons. The molecule has 2 fully saturated rings. The first-order valence-corrected chi connectivity index (χ1v) is 27.9. The van der Waals surface area contributed by atoms with Crippen molar-refractivity contribution in [3.8, 4) is 5.75 Å². The number of aliphatic hydroxyl groups is 1. The topological polar surface area (TPSA) is 118 Å². The summed E-state index contributed by atoms with van der Waals surface area (Å²) < 4.78 is 15.4. The first-order valence-electron chi connectivity index (χ1n) is 25.0. The van der Waals surface area contributed by atoms with E-state index in [1.54, 1.807) is 6.07 Å². The third-order valence-corrected chi connectivity index (χ3v) is 19.3. The molecule has 2 aliphatic rings. The summed E-state index contributed by atoms with van der Waals surface area (Å²) in [4.78, 5) is 23.0. The lowest BCUT2D eigenvalue weighted by atomic mass is 9.73. The first kappa shape index (κ1) is 48.8. The molecule has 0 bridgehead atoms. The van der Waals surface area contributed by atoms with E-state index < -0.39 is 13.9 Å². The number of rotatable bonds is 23. The normalized spacial score (nSPS) is 17.3. The predicted octanol–water partition coefficient (Wildman–Crippen LogP) is 11.3. The number of H-pyrrole nitrogens is 1. The van der Waals surface area contributed by atoms with Gasteiger partial charge >= 0.3 is 0 Å². The van der Waals surface area contributed by atoms with Crippen molar-refractivity contribution in [1.82, 2.24) is 30.0 Å². The molecular formula is C54H78N6O4Si. The minimum Gasteiger partial charge on any atom is -0.487 e. The Bertz CT molecular complexity index is 2240. The number of aromatic nitrogens is 4. The zero-order chi connectivity index (χ0) is 45.7. The molecule has 0 unspecified atom stereocenters. The second-order valence-corrected chi connectivity index (χ2v) is 25.4. The largest absolute Gasteiger partial charge is 0.487 e. The number of ether oxygens (including phenoxy) is 1. The molecule has 3 N–H and O–H groups in total. The molecule has 1 saturated heterocycles. The Kier molecular flexibility index (Phi) is 17.3. The van der Waals surface area contributed by atoms with E-state index in [2.05, 4.69) is 55.1 Å². The smallest absolute Gasteiger partial charge is 0.248 e. The number of hydrogen-bond acceptors (Lipinski definition) is 8. The van der Waals surface area contributed by atoms with Crippen molar-refractivity contribution in [3.63, 3.8) is 0 Å². The van der Waals surface area contributed by atoms with E-state index in [9.17, 15) is 9.90 Å². The summed E-state index contributed by atoms with van der Waals surface area (Å²) in [5.41, 5.74) is 2.52. The fourth-order valence-electron chi connectivity index (χ4n) is 9.81. The minimum absolute atomic E-state index is 0.0587. The van der Waals surface area contributed by atoms with Gasteiger partial charge in [-0.3, -0.25) is 9.48 Å². The maximum atomic E-state index is 12.6. The van der Waals surface area contributed by atoms with Crippen LogP contribution in [0.25, 0.3) is 10.9 Å². The fraction of sp³-hybridized carbons (Fsp3) is 0.574. The van der Waals surface area contributed by atoms with E-state index in [0.717, 1.165) is 85.9 Å². The molecule has 1 aliphatic carbocycles. The van der Waals surface area contributed by atoms with Crippen LogP contribution in [-0.2, 0) is 23.2 Å². The van der Waals surface area contributed by atoms with Crippen LogP contribution in [0.1, 0.15) is 139 Å². The predicted molar refractivity (Wildman–Crippen MR) is 267 cm³/mol. The van der Waals surface area contributed by atoms with Crippen LogP contribution in [0.2, 0.25) is 18.1 Å². The number of piperidine rings is 1. The van der Waals surface area contributed by atoms with E-state index in [1.165, 1.54) is 64.3 Å². The van der Waals surface area contributed by atoms with E-state index in [4.69, 9.17) is 19.2 Å². The minimum atomic E-state index is -2.13. The Balaban J connectivity index is 0.802. The molecule has 5 aromatic rings. The van der Waals surface area contributed by atoms with Gasteiger partial charge in [-0.1, -0.05) is 139 Å². The van der Waals surface area contributed by atoms with Crippen molar-refractivity contribution in [2.45, 2.75) is 154 Å². The van der Waals surface area contributed by atoms with Crippen molar-refractivity contribution in [2.24, 2.45) is 11.8 Å². The van der Waals surface area contributed by atoms with Gasteiger partial charge in [0.1, 0.15) is 18.7 Å². The van der Waals surface area contributed by atoms with Gasteiger partial charge in [0.15, 0.2) is 19.7 Å². The van der Waals surface area contributed by atoms with Crippen LogP contribution in [-0.4, -0.2) is 70.8 Å². The van der Waals surface area contributed by atoms with E-state index in [1.807, 2.05) is 83.8 Å². The number of hydrogen-bond donors (Lipinski definition) is 3. The monoisotopic (exact) mass is 903 g/mol. The van der Waals surface area contributed by atoms with E-state index in [-0.39, 0.29) is 22.6 Å². The Morgan fingerprint density at radius 1 is 0.831 bits per heavy atom. The molecule has 0 amide bonds. The highest BCUT2D eigenvalue weighted by molar-refractivity contribution is 6.74. The number of unbranched alkanes of at least 4 members (excludes halogenated alkanes) is 6. The molecule has 1 saturated carbocycles. The fourth-order valence-corrected chi connectivity index (χ4v) is 11.1. The Morgan fingerprint density at radius 2 is 1.51 bits per heavy atom. The molecule has 1 aliphatic heterocycles. The van der Waals surface area contributed by atoms with Gasteiger partial charge in [-0.2, -0.15) is 5.10 Å². The lowest BCUT2D eigenvalue weighted by Crippen LogP contribution is -2.43. The number of pyridine rings is 1. The average Bonchev–Trinajstić information content (AvgIpc) is 3.79. The molecule has 0 spiro atoms. The summed E-state index contributed by atoms with van der Waals surface area (Å²) in [5.74, 6) is 1.98. The summed E-state index contributed by atoms with van der Waals surface area (Å²) in [6.07, 6.45) is 18.5. The molecule has 2 atom stereocenters. The second kappa shape index (κ2) is 23.1. The van der Waals surface area contributed by atoms with Crippen molar-refractivity contribution in [2.75, 3.05) is 32.7 Å². The molecule has 65 heavy (non-hydrogen) atoms. The van der Waals surface area contributed by atoms with Gasteiger partial charge in [0, 0.05) is 24.5 Å². The molecule has 352 valence electrons. The highest BCUT2D eigenvalue weighted by Crippen LogP contribution is 2.43. The lowest BCUT2D eigenvalue weighted by Gasteiger charge is -2.39. The summed E-state index contributed by atoms with van der Waals surface area (Å²) in [6.45, 7) is 17.9. The molecular weight excluding hydrogens is 825 g/mol. The van der Waals surface area contributed by atoms with Crippen LogP contribution in [0.3, 0.4) is 0 Å². The Hall–Kier alpha value is -4.13. The Labute approximate surface area is 390 Å². The first-order chi connectivity index (χ1) is 31.4. The van der Waals surface area contributed by atoms with Gasteiger partial charge in [0.25, 0.3) is 0 Å². The van der Waals surface area contributed by atoms with Crippen LogP contribution in [0, 0.1) is 11.8 Å². The number of nitrogens with zero attached hydrogens (tertiary/aromatic N) is 4. The van der Waals surface area contributed by atoms with Gasteiger partial charge in [0.2, 0.25) is 5.56 Å². The summed E-state index contributed by atoms with van der Waals surface area (Å²) in [5, 5.41) is 21.9. The SMILES string of the molecule is CC(C)(C)[Si](C)(C)O[C@@H](CNCCCCCCCCCN1CCC(Cn2cnc([C@](O)(c3ccccc3)C3CCCCC3)n2)CC1)c1ccc(OCc2ccccc2)c2[nH]c(=O)ccc12. The second-order valence-electron chi connectivity index (χ2n) is 20.6. The molecule has 7 rings (SSSR count). The third kappa shape index (κ3) is 13.1. The van der Waals surface area contributed by atoms with Crippen LogP contribution in [0.15, 0.2) is 96.1 Å². The van der Waals surface area contributed by atoms with E-state index in [0.29, 0.717) is 30.6 Å². The van der Waals surface area contributed by atoms with E-state index >= 15 is 0 Å². The van der Waals surface area contributed by atoms with Crippen molar-refractivity contribution in [3.05, 3.63) is 124 Å². The van der Waals surface area contributed by atoms with Crippen molar-refractivity contribution >= 4 is 19.2 Å². The van der Waals surface area contributed by atoms with Crippen molar-refractivity contribution < 1.29 is 14.3 Å². The molecule has 3 aromatic carbocycles. The zero-order valence-electron chi connectivity index (χ0n) is 40.2. The van der Waals surface area contributed by atoms with Gasteiger partial charge in [-0.15, -0.1) is 0 Å². The van der Waals surface area contributed by atoms with Gasteiger partial charge in [0.05, 0.1) is 11.6 Å². The van der Waals surface area contributed by atoms with Gasteiger partial charge in [-0.05, 0) is 123 Å². The lowest BCUT2D eigenvalue weighted by molar-refractivity contribution is -0.00865. The average molecular weight is 903 g/mol. The Morgan fingerprint density at radius 3 is 2.22 bits per heavy atom. The number of aromatic amines is 1.